The summed E-state index contributed by atoms with van der Waals surface area (Å²) in [7, 11) is 0. The fraction of sp³-hybridized carbons (Fsp3) is 0.300. The van der Waals surface area contributed by atoms with Crippen molar-refractivity contribution in [3.63, 3.8) is 0 Å². The number of nitrogens with two attached hydrogens (primary N) is 1. The first-order valence-corrected chi connectivity index (χ1v) is 4.47. The quantitative estimate of drug-likeness (QED) is 0.765. The molecule has 0 saturated heterocycles. The Bertz CT molecular complexity index is 343. The van der Waals surface area contributed by atoms with Crippen LogP contribution in [0.1, 0.15) is 6.42 Å². The lowest BCUT2D eigenvalue weighted by molar-refractivity contribution is -0.138. The van der Waals surface area contributed by atoms with Crippen LogP contribution in [0.5, 0.6) is 5.75 Å². The molecular weight excluding hydrogens is 201 g/mol. The maximum absolute atomic E-state index is 13.0. The number of hydrogen-bond acceptors (Lipinski definition) is 3. The van der Waals surface area contributed by atoms with E-state index in [9.17, 15) is 9.18 Å². The maximum atomic E-state index is 13.0. The van der Waals surface area contributed by atoms with Gasteiger partial charge in [-0.05, 0) is 12.1 Å². The number of rotatable bonds is 5. The molecule has 1 rings (SSSR count). The van der Waals surface area contributed by atoms with Crippen molar-refractivity contribution in [2.75, 3.05) is 6.61 Å². The number of para-hydroxylation sites is 1. The minimum atomic E-state index is -1.09. The second kappa shape index (κ2) is 5.31. The SMILES string of the molecule is NC(CCOc1ccccc1F)C(=O)O. The van der Waals surface area contributed by atoms with Gasteiger partial charge in [0.1, 0.15) is 6.04 Å². The molecule has 1 unspecified atom stereocenters. The highest BCUT2D eigenvalue weighted by Crippen LogP contribution is 2.15. The smallest absolute Gasteiger partial charge is 0.320 e. The number of hydrogen-bond donors (Lipinski definition) is 2. The predicted molar refractivity (Wildman–Crippen MR) is 52.1 cm³/mol. The molecule has 1 aromatic carbocycles. The average molecular weight is 213 g/mol. The standard InChI is InChI=1S/C10H12FNO3/c11-7-3-1-2-4-9(7)15-6-5-8(12)10(13)14/h1-4,8H,5-6,12H2,(H,13,14). The molecule has 0 aliphatic heterocycles. The summed E-state index contributed by atoms with van der Waals surface area (Å²) < 4.78 is 18.0. The first-order chi connectivity index (χ1) is 7.11. The van der Waals surface area contributed by atoms with E-state index >= 15 is 0 Å². The van der Waals surface area contributed by atoms with Crippen LogP contribution in [-0.4, -0.2) is 23.7 Å². The maximum Gasteiger partial charge on any atom is 0.320 e. The summed E-state index contributed by atoms with van der Waals surface area (Å²) in [5, 5.41) is 8.48. The minimum absolute atomic E-state index is 0.0778. The zero-order valence-corrected chi connectivity index (χ0v) is 8.02. The van der Waals surface area contributed by atoms with Crippen LogP contribution in [0.25, 0.3) is 0 Å². The van der Waals surface area contributed by atoms with Crippen LogP contribution < -0.4 is 10.5 Å². The summed E-state index contributed by atoms with van der Waals surface area (Å²) in [6.45, 7) is 0.0778. The van der Waals surface area contributed by atoms with E-state index in [0.29, 0.717) is 0 Å². The Labute approximate surface area is 86.5 Å². The molecule has 0 aliphatic rings. The largest absolute Gasteiger partial charge is 0.490 e. The third-order valence-electron chi connectivity index (χ3n) is 1.84. The predicted octanol–water partition coefficient (Wildman–Crippen LogP) is 1.01. The van der Waals surface area contributed by atoms with Crippen molar-refractivity contribution in [3.05, 3.63) is 30.1 Å². The molecule has 4 nitrogen and oxygen atoms in total. The highest BCUT2D eigenvalue weighted by Gasteiger charge is 2.11. The molecule has 15 heavy (non-hydrogen) atoms. The van der Waals surface area contributed by atoms with Gasteiger partial charge in [0.2, 0.25) is 0 Å². The van der Waals surface area contributed by atoms with E-state index in [1.807, 2.05) is 0 Å². The third-order valence-corrected chi connectivity index (χ3v) is 1.84. The summed E-state index contributed by atoms with van der Waals surface area (Å²) in [5.74, 6) is -1.45. The third kappa shape index (κ3) is 3.55. The van der Waals surface area contributed by atoms with Crippen LogP contribution in [0, 0.1) is 5.82 Å². The van der Waals surface area contributed by atoms with E-state index < -0.39 is 17.8 Å². The van der Waals surface area contributed by atoms with Gasteiger partial charge < -0.3 is 15.6 Å². The van der Waals surface area contributed by atoms with Crippen LogP contribution in [0.4, 0.5) is 4.39 Å². The van der Waals surface area contributed by atoms with Gasteiger partial charge in [0, 0.05) is 6.42 Å². The van der Waals surface area contributed by atoms with E-state index in [2.05, 4.69) is 0 Å². The summed E-state index contributed by atoms with van der Waals surface area (Å²) in [5.41, 5.74) is 5.25. The van der Waals surface area contributed by atoms with E-state index in [4.69, 9.17) is 15.6 Å². The molecule has 1 aromatic rings. The van der Waals surface area contributed by atoms with Gasteiger partial charge in [-0.15, -0.1) is 0 Å². The van der Waals surface area contributed by atoms with Gasteiger partial charge in [-0.25, -0.2) is 4.39 Å². The van der Waals surface area contributed by atoms with Crippen molar-refractivity contribution >= 4 is 5.97 Å². The average Bonchev–Trinajstić information content (AvgIpc) is 2.20. The van der Waals surface area contributed by atoms with Gasteiger partial charge in [-0.3, -0.25) is 4.79 Å². The van der Waals surface area contributed by atoms with Gasteiger partial charge in [0.25, 0.3) is 0 Å². The fourth-order valence-electron chi connectivity index (χ4n) is 0.981. The lowest BCUT2D eigenvalue weighted by Gasteiger charge is -2.08. The Balaban J connectivity index is 2.38. The second-order valence-corrected chi connectivity index (χ2v) is 3.01. The first kappa shape index (κ1) is 11.5. The molecule has 0 aliphatic carbocycles. The van der Waals surface area contributed by atoms with Crippen LogP contribution in [0.2, 0.25) is 0 Å². The molecule has 82 valence electrons. The van der Waals surface area contributed by atoms with Gasteiger partial charge in [-0.2, -0.15) is 0 Å². The Morgan fingerprint density at radius 3 is 2.80 bits per heavy atom. The Kier molecular flexibility index (Phi) is 4.05. The molecule has 0 heterocycles. The lowest BCUT2D eigenvalue weighted by Crippen LogP contribution is -2.31. The number of halogens is 1. The van der Waals surface area contributed by atoms with E-state index in [-0.39, 0.29) is 18.8 Å². The molecule has 0 bridgehead atoms. The monoisotopic (exact) mass is 213 g/mol. The fourth-order valence-corrected chi connectivity index (χ4v) is 0.981. The van der Waals surface area contributed by atoms with Crippen LogP contribution in [-0.2, 0) is 4.79 Å². The zero-order valence-electron chi connectivity index (χ0n) is 8.02. The zero-order chi connectivity index (χ0) is 11.3. The molecule has 3 N–H and O–H groups in total. The molecular formula is C10H12FNO3. The summed E-state index contributed by atoms with van der Waals surface area (Å²) >= 11 is 0. The number of carboxylic acid groups (broad SMARTS) is 1. The molecule has 0 radical (unpaired) electrons. The first-order valence-electron chi connectivity index (χ1n) is 4.47. The Hall–Kier alpha value is -1.62. The number of carbonyl (C=O) groups is 1. The number of carboxylic acids is 1. The highest BCUT2D eigenvalue weighted by atomic mass is 19.1. The van der Waals surface area contributed by atoms with Crippen molar-refractivity contribution in [1.29, 1.82) is 0 Å². The molecule has 0 amide bonds. The molecule has 0 aromatic heterocycles. The van der Waals surface area contributed by atoms with Crippen LogP contribution in [0.3, 0.4) is 0 Å². The Morgan fingerprint density at radius 2 is 2.20 bits per heavy atom. The summed E-state index contributed by atoms with van der Waals surface area (Å²) in [4.78, 5) is 10.4. The van der Waals surface area contributed by atoms with Crippen LogP contribution >= 0.6 is 0 Å². The van der Waals surface area contributed by atoms with Gasteiger partial charge in [0.05, 0.1) is 6.61 Å². The Morgan fingerprint density at radius 1 is 1.53 bits per heavy atom. The van der Waals surface area contributed by atoms with Crippen molar-refractivity contribution in [2.45, 2.75) is 12.5 Å². The van der Waals surface area contributed by atoms with E-state index in [0.717, 1.165) is 0 Å². The topological polar surface area (TPSA) is 72.5 Å². The molecule has 5 heteroatoms. The number of benzene rings is 1. The highest BCUT2D eigenvalue weighted by molar-refractivity contribution is 5.72. The summed E-state index contributed by atoms with van der Waals surface area (Å²) in [6.07, 6.45) is 0.143. The lowest BCUT2D eigenvalue weighted by atomic mass is 10.2. The normalized spacial score (nSPS) is 12.1. The summed E-state index contributed by atoms with van der Waals surface area (Å²) in [6, 6.07) is 4.95. The second-order valence-electron chi connectivity index (χ2n) is 3.01. The van der Waals surface area contributed by atoms with Crippen molar-refractivity contribution in [1.82, 2.24) is 0 Å². The van der Waals surface area contributed by atoms with E-state index in [1.165, 1.54) is 12.1 Å². The molecule has 1 atom stereocenters. The molecule has 0 saturated carbocycles. The van der Waals surface area contributed by atoms with Crippen LogP contribution in [0.15, 0.2) is 24.3 Å². The number of ether oxygens (including phenoxy) is 1. The van der Waals surface area contributed by atoms with Gasteiger partial charge in [0.15, 0.2) is 11.6 Å². The van der Waals surface area contributed by atoms with Gasteiger partial charge >= 0.3 is 5.97 Å². The molecule has 0 fully saturated rings. The molecule has 0 spiro atoms. The minimum Gasteiger partial charge on any atom is -0.490 e. The van der Waals surface area contributed by atoms with Crippen molar-refractivity contribution < 1.29 is 19.0 Å². The van der Waals surface area contributed by atoms with Crippen molar-refractivity contribution in [2.24, 2.45) is 5.73 Å². The van der Waals surface area contributed by atoms with E-state index in [1.54, 1.807) is 12.1 Å². The number of aliphatic carboxylic acids is 1. The van der Waals surface area contributed by atoms with Gasteiger partial charge in [-0.1, -0.05) is 12.1 Å². The van der Waals surface area contributed by atoms with Crippen molar-refractivity contribution in [3.8, 4) is 5.75 Å².